The van der Waals surface area contributed by atoms with Gasteiger partial charge in [0.25, 0.3) is 0 Å². The molecule has 0 bridgehead atoms. The number of rotatable bonds is 21. The van der Waals surface area contributed by atoms with Gasteiger partial charge in [0, 0.05) is 0 Å². The Balaban J connectivity index is 3.29. The molecule has 0 aromatic heterocycles. The number of phosphoric ester groups is 1. The van der Waals surface area contributed by atoms with Gasteiger partial charge >= 0.3 is 7.82 Å². The number of hydrogen-bond acceptors (Lipinski definition) is 4. The van der Waals surface area contributed by atoms with Crippen LogP contribution in [0.15, 0.2) is 0 Å². The Morgan fingerprint density at radius 2 is 1.04 bits per heavy atom. The van der Waals surface area contributed by atoms with E-state index in [9.17, 15) is 9.46 Å². The second-order valence-corrected chi connectivity index (χ2v) is 10.7. The minimum Gasteiger partial charge on any atom is -0.329 e. The molecule has 0 saturated heterocycles. The zero-order valence-corrected chi connectivity index (χ0v) is 20.5. The van der Waals surface area contributed by atoms with Gasteiger partial charge in [0.15, 0.2) is 0 Å². The molecule has 1 unspecified atom stereocenters. The normalized spacial score (nSPS) is 14.3. The van der Waals surface area contributed by atoms with Gasteiger partial charge in [-0.1, -0.05) is 77.0 Å². The molecule has 170 valence electrons. The van der Waals surface area contributed by atoms with Crippen LogP contribution in [0.25, 0.3) is 0 Å². The lowest BCUT2D eigenvalue weighted by Crippen LogP contribution is -2.37. The molecule has 0 spiro atoms. The van der Waals surface area contributed by atoms with Gasteiger partial charge in [0.1, 0.15) is 13.2 Å². The second-order valence-electron chi connectivity index (χ2n) is 8.82. The van der Waals surface area contributed by atoms with Crippen LogP contribution < -0.4 is 0 Å². The van der Waals surface area contributed by atoms with E-state index in [-0.39, 0.29) is 6.61 Å². The highest BCUT2D eigenvalue weighted by atomic mass is 32.1. The standard InChI is InChI=1S/C21H46NO4PS/c1-22(2,3)18-20-26-27(23,24)25-19-16-14-12-10-8-6-4-5-7-9-11-13-15-17-21-28/h4-21H2,1-3H3,(H-,23,24,28)/p+1. The molecular formula is C21H47NO4PS+. The SMILES string of the molecule is C[N+](C)(C)CCOP(=O)(O)OCCCCCCCCCCCCCCCCS. The first-order valence-electron chi connectivity index (χ1n) is 11.3. The lowest BCUT2D eigenvalue weighted by molar-refractivity contribution is -0.870. The highest BCUT2D eigenvalue weighted by Crippen LogP contribution is 2.43. The summed E-state index contributed by atoms with van der Waals surface area (Å²) in [5.74, 6) is 1.03. The fourth-order valence-electron chi connectivity index (χ4n) is 2.98. The van der Waals surface area contributed by atoms with Crippen molar-refractivity contribution in [2.45, 2.75) is 89.9 Å². The Morgan fingerprint density at radius 3 is 1.43 bits per heavy atom. The lowest BCUT2D eigenvalue weighted by atomic mass is 10.0. The third-order valence-corrected chi connectivity index (χ3v) is 6.16. The van der Waals surface area contributed by atoms with Gasteiger partial charge in [-0.25, -0.2) is 4.57 Å². The van der Waals surface area contributed by atoms with E-state index in [1.807, 2.05) is 21.1 Å². The molecule has 1 atom stereocenters. The van der Waals surface area contributed by atoms with Gasteiger partial charge in [0.05, 0.1) is 27.7 Å². The molecule has 0 aliphatic rings. The maximum Gasteiger partial charge on any atom is 0.472 e. The maximum absolute atomic E-state index is 11.7. The van der Waals surface area contributed by atoms with E-state index < -0.39 is 7.82 Å². The van der Waals surface area contributed by atoms with Crippen LogP contribution in [-0.4, -0.2) is 56.0 Å². The third-order valence-electron chi connectivity index (χ3n) is 4.82. The number of unbranched alkanes of at least 4 members (excludes halogenated alkanes) is 13. The second kappa shape index (κ2) is 18.2. The van der Waals surface area contributed by atoms with Crippen LogP contribution in [-0.2, 0) is 13.6 Å². The summed E-state index contributed by atoms with van der Waals surface area (Å²) in [5, 5.41) is 0. The van der Waals surface area contributed by atoms with Crippen molar-refractivity contribution in [3.05, 3.63) is 0 Å². The van der Waals surface area contributed by atoms with E-state index in [0.29, 0.717) is 17.6 Å². The topological polar surface area (TPSA) is 55.8 Å². The van der Waals surface area contributed by atoms with Crippen LogP contribution in [0.1, 0.15) is 89.9 Å². The first kappa shape index (κ1) is 28.4. The van der Waals surface area contributed by atoms with Gasteiger partial charge in [0.2, 0.25) is 0 Å². The molecule has 0 fully saturated rings. The molecule has 0 aromatic rings. The Kier molecular flexibility index (Phi) is 18.5. The zero-order valence-electron chi connectivity index (χ0n) is 18.7. The number of hydrogen-bond donors (Lipinski definition) is 2. The summed E-state index contributed by atoms with van der Waals surface area (Å²) in [6, 6.07) is 0. The first-order valence-corrected chi connectivity index (χ1v) is 13.4. The van der Waals surface area contributed by atoms with Crippen molar-refractivity contribution in [1.82, 2.24) is 0 Å². The quantitative estimate of drug-likeness (QED) is 0.0963. The number of nitrogens with zero attached hydrogens (tertiary/aromatic N) is 1. The molecule has 5 nitrogen and oxygen atoms in total. The van der Waals surface area contributed by atoms with Crippen LogP contribution in [0.3, 0.4) is 0 Å². The maximum atomic E-state index is 11.7. The Hall–Kier alpha value is 0.420. The van der Waals surface area contributed by atoms with Crippen LogP contribution >= 0.6 is 20.5 Å². The molecule has 0 radical (unpaired) electrons. The van der Waals surface area contributed by atoms with Gasteiger partial charge in [-0.15, -0.1) is 0 Å². The molecule has 28 heavy (non-hydrogen) atoms. The molecule has 0 saturated carbocycles. The fourth-order valence-corrected chi connectivity index (χ4v) is 3.95. The van der Waals surface area contributed by atoms with E-state index in [1.165, 1.54) is 77.0 Å². The molecular weight excluding hydrogens is 393 g/mol. The molecule has 0 aromatic carbocycles. The van der Waals surface area contributed by atoms with Crippen molar-refractivity contribution in [3.8, 4) is 0 Å². The minimum atomic E-state index is -3.88. The van der Waals surface area contributed by atoms with E-state index in [4.69, 9.17) is 9.05 Å². The molecule has 0 aliphatic heterocycles. The number of likely N-dealkylation sites (N-methyl/N-ethyl adjacent to an activating group) is 1. The number of phosphoric acid groups is 1. The van der Waals surface area contributed by atoms with E-state index >= 15 is 0 Å². The van der Waals surface area contributed by atoms with Crippen LogP contribution in [0, 0.1) is 0 Å². The molecule has 0 rings (SSSR count). The third kappa shape index (κ3) is 22.7. The Morgan fingerprint density at radius 1 is 0.679 bits per heavy atom. The number of quaternary nitrogens is 1. The van der Waals surface area contributed by atoms with Crippen molar-refractivity contribution in [2.24, 2.45) is 0 Å². The van der Waals surface area contributed by atoms with Crippen molar-refractivity contribution in [2.75, 3.05) is 46.7 Å². The van der Waals surface area contributed by atoms with Crippen LogP contribution in [0.2, 0.25) is 0 Å². The summed E-state index contributed by atoms with van der Waals surface area (Å²) in [6.07, 6.45) is 17.8. The highest BCUT2D eigenvalue weighted by molar-refractivity contribution is 7.80. The van der Waals surface area contributed by atoms with Gasteiger partial charge < -0.3 is 9.38 Å². The first-order chi connectivity index (χ1) is 13.3. The summed E-state index contributed by atoms with van der Waals surface area (Å²) < 4.78 is 22.5. The lowest BCUT2D eigenvalue weighted by Gasteiger charge is -2.24. The molecule has 0 heterocycles. The molecule has 0 aliphatic carbocycles. The van der Waals surface area contributed by atoms with Gasteiger partial charge in [-0.2, -0.15) is 12.6 Å². The van der Waals surface area contributed by atoms with Crippen molar-refractivity contribution in [3.63, 3.8) is 0 Å². The molecule has 0 amide bonds. The van der Waals surface area contributed by atoms with Gasteiger partial charge in [-0.3, -0.25) is 9.05 Å². The van der Waals surface area contributed by atoms with Crippen LogP contribution in [0.5, 0.6) is 0 Å². The molecule has 7 heteroatoms. The molecule has 1 N–H and O–H groups in total. The van der Waals surface area contributed by atoms with Gasteiger partial charge in [-0.05, 0) is 18.6 Å². The van der Waals surface area contributed by atoms with Crippen molar-refractivity contribution < 1.29 is 23.0 Å². The summed E-state index contributed by atoms with van der Waals surface area (Å²) in [6.45, 7) is 1.20. The summed E-state index contributed by atoms with van der Waals surface area (Å²) >= 11 is 4.24. The van der Waals surface area contributed by atoms with Crippen molar-refractivity contribution >= 4 is 20.5 Å². The Bertz CT molecular complexity index is 391. The minimum absolute atomic E-state index is 0.230. The number of thiol groups is 1. The summed E-state index contributed by atoms with van der Waals surface area (Å²) in [4.78, 5) is 9.63. The average Bonchev–Trinajstić information content (AvgIpc) is 2.60. The van der Waals surface area contributed by atoms with E-state index in [1.54, 1.807) is 0 Å². The summed E-state index contributed by atoms with van der Waals surface area (Å²) in [7, 11) is 2.16. The van der Waals surface area contributed by atoms with E-state index in [2.05, 4.69) is 12.6 Å². The Labute approximate surface area is 180 Å². The van der Waals surface area contributed by atoms with Crippen LogP contribution in [0.4, 0.5) is 0 Å². The monoisotopic (exact) mass is 440 g/mol. The summed E-state index contributed by atoms with van der Waals surface area (Å²) in [5.41, 5.74) is 0. The predicted octanol–water partition coefficient (Wildman–Crippen LogP) is 6.22. The predicted molar refractivity (Wildman–Crippen MR) is 123 cm³/mol. The fraction of sp³-hybridized carbons (Fsp3) is 1.00. The zero-order chi connectivity index (χ0) is 21.1. The highest BCUT2D eigenvalue weighted by Gasteiger charge is 2.21. The van der Waals surface area contributed by atoms with Crippen molar-refractivity contribution in [1.29, 1.82) is 0 Å². The smallest absolute Gasteiger partial charge is 0.329 e. The average molecular weight is 441 g/mol. The van der Waals surface area contributed by atoms with E-state index in [0.717, 1.165) is 18.6 Å². The largest absolute Gasteiger partial charge is 0.472 e.